The summed E-state index contributed by atoms with van der Waals surface area (Å²) in [6.07, 6.45) is 6.59. The van der Waals surface area contributed by atoms with Crippen molar-refractivity contribution in [2.45, 2.75) is 25.2 Å². The summed E-state index contributed by atoms with van der Waals surface area (Å²) < 4.78 is 9.36. The molecule has 4 heterocycles. The van der Waals surface area contributed by atoms with Gasteiger partial charge in [-0.2, -0.15) is 9.61 Å². The van der Waals surface area contributed by atoms with E-state index in [-0.39, 0.29) is 5.91 Å². The summed E-state index contributed by atoms with van der Waals surface area (Å²) in [5.41, 5.74) is 1.38. The van der Waals surface area contributed by atoms with Crippen LogP contribution in [0.1, 0.15) is 41.4 Å². The molecule has 1 amide bonds. The van der Waals surface area contributed by atoms with Crippen molar-refractivity contribution in [3.05, 3.63) is 35.9 Å². The van der Waals surface area contributed by atoms with E-state index in [0.717, 1.165) is 37.3 Å². The van der Waals surface area contributed by atoms with Crippen LogP contribution in [-0.4, -0.2) is 60.1 Å². The van der Waals surface area contributed by atoms with Gasteiger partial charge in [0, 0.05) is 44.2 Å². The molecule has 0 bridgehead atoms. The van der Waals surface area contributed by atoms with Gasteiger partial charge in [-0.25, -0.2) is 0 Å². The number of amides is 1. The maximum atomic E-state index is 12.5. The second-order valence-corrected chi connectivity index (χ2v) is 7.39. The van der Waals surface area contributed by atoms with Crippen molar-refractivity contribution in [2.24, 2.45) is 13.0 Å². The quantitative estimate of drug-likeness (QED) is 0.675. The average molecular weight is 367 g/mol. The van der Waals surface area contributed by atoms with Gasteiger partial charge < -0.3 is 9.64 Å². The van der Waals surface area contributed by atoms with Gasteiger partial charge in [0.25, 0.3) is 5.91 Å². The first-order valence-electron chi connectivity index (χ1n) is 9.30. The minimum absolute atomic E-state index is 0.0312. The van der Waals surface area contributed by atoms with Gasteiger partial charge in [0.15, 0.2) is 11.5 Å². The summed E-state index contributed by atoms with van der Waals surface area (Å²) in [6.45, 7) is 1.97. The molecule has 0 spiro atoms. The average Bonchev–Trinajstić information content (AvgIpc) is 3.09. The number of carbonyl (C=O) groups is 1. The highest BCUT2D eigenvalue weighted by molar-refractivity contribution is 5.93. The second-order valence-electron chi connectivity index (χ2n) is 7.39. The van der Waals surface area contributed by atoms with Crippen LogP contribution >= 0.6 is 0 Å². The van der Waals surface area contributed by atoms with E-state index in [1.165, 1.54) is 0 Å². The first-order valence-corrected chi connectivity index (χ1v) is 9.30. The molecule has 1 unspecified atom stereocenters. The molecule has 2 fully saturated rings. The Labute approximate surface area is 155 Å². The first-order chi connectivity index (χ1) is 13.2. The van der Waals surface area contributed by atoms with Crippen molar-refractivity contribution < 1.29 is 9.53 Å². The Balaban J connectivity index is 1.21. The summed E-state index contributed by atoms with van der Waals surface area (Å²) in [5.74, 6) is 2.30. The van der Waals surface area contributed by atoms with E-state index in [9.17, 15) is 4.79 Å². The molecule has 1 aliphatic carbocycles. The Morgan fingerprint density at radius 1 is 1.26 bits per heavy atom. The lowest BCUT2D eigenvalue weighted by Crippen LogP contribution is -2.29. The van der Waals surface area contributed by atoms with E-state index in [2.05, 4.69) is 20.4 Å². The van der Waals surface area contributed by atoms with Crippen molar-refractivity contribution in [3.63, 3.8) is 0 Å². The Morgan fingerprint density at radius 3 is 2.93 bits per heavy atom. The fourth-order valence-electron chi connectivity index (χ4n) is 3.53. The largest absolute Gasteiger partial charge is 0.476 e. The molecule has 1 aliphatic heterocycles. The minimum atomic E-state index is 0.0312. The van der Waals surface area contributed by atoms with E-state index in [0.29, 0.717) is 36.4 Å². The van der Waals surface area contributed by atoms with Crippen LogP contribution in [0.25, 0.3) is 5.65 Å². The highest BCUT2D eigenvalue weighted by Crippen LogP contribution is 2.38. The van der Waals surface area contributed by atoms with E-state index in [1.54, 1.807) is 21.6 Å². The molecule has 3 aromatic heterocycles. The number of aryl methyl sites for hydroxylation is 1. The van der Waals surface area contributed by atoms with Gasteiger partial charge >= 0.3 is 0 Å². The molecule has 1 saturated heterocycles. The molecule has 27 heavy (non-hydrogen) atoms. The predicted octanol–water partition coefficient (Wildman–Crippen LogP) is 1.28. The molecule has 3 aromatic rings. The highest BCUT2D eigenvalue weighted by atomic mass is 16.5. The molecule has 0 radical (unpaired) electrons. The zero-order valence-electron chi connectivity index (χ0n) is 15.2. The Morgan fingerprint density at radius 2 is 2.15 bits per heavy atom. The first kappa shape index (κ1) is 16.2. The Kier molecular flexibility index (Phi) is 3.80. The molecule has 1 atom stereocenters. The van der Waals surface area contributed by atoms with Gasteiger partial charge in [0.1, 0.15) is 0 Å². The molecule has 9 heteroatoms. The number of ether oxygens (including phenoxy) is 1. The fraction of sp³-hybridized carbons (Fsp3) is 0.500. The van der Waals surface area contributed by atoms with E-state index >= 15 is 0 Å². The third-order valence-corrected chi connectivity index (χ3v) is 5.20. The van der Waals surface area contributed by atoms with Crippen molar-refractivity contribution in [1.29, 1.82) is 0 Å². The van der Waals surface area contributed by atoms with Gasteiger partial charge in [-0.15, -0.1) is 15.3 Å². The highest BCUT2D eigenvalue weighted by Gasteiger charge is 2.30. The van der Waals surface area contributed by atoms with Crippen LogP contribution in [0.3, 0.4) is 0 Å². The Hall–Kier alpha value is -2.97. The van der Waals surface area contributed by atoms with Crippen LogP contribution in [0.4, 0.5) is 0 Å². The molecular formula is C18H21N7O2. The second kappa shape index (κ2) is 6.33. The van der Waals surface area contributed by atoms with E-state index in [1.807, 2.05) is 24.1 Å². The topological polar surface area (TPSA) is 90.4 Å². The SMILES string of the molecule is Cn1cc(C(=O)N2CCC(COc3ccc4nnc(C5CC5)n4n3)C2)cn1. The van der Waals surface area contributed by atoms with E-state index in [4.69, 9.17) is 4.74 Å². The number of carbonyl (C=O) groups excluding carboxylic acids is 1. The fourth-order valence-corrected chi connectivity index (χ4v) is 3.53. The molecule has 2 aliphatic rings. The van der Waals surface area contributed by atoms with Gasteiger partial charge in [-0.1, -0.05) is 0 Å². The van der Waals surface area contributed by atoms with Crippen LogP contribution in [0, 0.1) is 5.92 Å². The molecule has 1 saturated carbocycles. The number of likely N-dealkylation sites (tertiary alicyclic amines) is 1. The number of rotatable bonds is 5. The summed E-state index contributed by atoms with van der Waals surface area (Å²) in [5, 5.41) is 17.0. The summed E-state index contributed by atoms with van der Waals surface area (Å²) >= 11 is 0. The number of nitrogens with zero attached hydrogens (tertiary/aromatic N) is 7. The molecule has 140 valence electrons. The maximum Gasteiger partial charge on any atom is 0.257 e. The predicted molar refractivity (Wildman–Crippen MR) is 95.5 cm³/mol. The van der Waals surface area contributed by atoms with Crippen LogP contribution in [-0.2, 0) is 7.05 Å². The maximum absolute atomic E-state index is 12.5. The zero-order valence-corrected chi connectivity index (χ0v) is 15.2. The summed E-state index contributed by atoms with van der Waals surface area (Å²) in [4.78, 5) is 14.4. The van der Waals surface area contributed by atoms with Crippen LogP contribution < -0.4 is 4.74 Å². The van der Waals surface area contributed by atoms with Crippen LogP contribution in [0.15, 0.2) is 24.5 Å². The standard InChI is InChI=1S/C18H21N7O2/c1-23-10-14(8-19-23)18(26)24-7-6-12(9-24)11-27-16-5-4-15-20-21-17(13-2-3-13)25(15)22-16/h4-5,8,10,12-13H,2-3,6-7,9,11H2,1H3. The molecule has 0 N–H and O–H groups in total. The summed E-state index contributed by atoms with van der Waals surface area (Å²) in [7, 11) is 1.81. The van der Waals surface area contributed by atoms with Crippen LogP contribution in [0.2, 0.25) is 0 Å². The third-order valence-electron chi connectivity index (χ3n) is 5.20. The normalized spacial score (nSPS) is 19.7. The molecule has 5 rings (SSSR count). The van der Waals surface area contributed by atoms with E-state index < -0.39 is 0 Å². The lowest BCUT2D eigenvalue weighted by molar-refractivity contribution is 0.0782. The number of hydrogen-bond donors (Lipinski definition) is 0. The third kappa shape index (κ3) is 3.13. The van der Waals surface area contributed by atoms with Gasteiger partial charge in [0.2, 0.25) is 5.88 Å². The monoisotopic (exact) mass is 367 g/mol. The zero-order chi connectivity index (χ0) is 18.4. The van der Waals surface area contributed by atoms with Crippen molar-refractivity contribution >= 4 is 11.6 Å². The van der Waals surface area contributed by atoms with Crippen molar-refractivity contribution in [3.8, 4) is 5.88 Å². The molecular weight excluding hydrogens is 346 g/mol. The lowest BCUT2D eigenvalue weighted by atomic mass is 10.1. The van der Waals surface area contributed by atoms with Gasteiger partial charge in [0.05, 0.1) is 18.4 Å². The number of fused-ring (bicyclic) bond motifs is 1. The molecule has 9 nitrogen and oxygen atoms in total. The summed E-state index contributed by atoms with van der Waals surface area (Å²) in [6, 6.07) is 3.71. The minimum Gasteiger partial charge on any atom is -0.476 e. The smallest absolute Gasteiger partial charge is 0.257 e. The Bertz CT molecular complexity index is 991. The number of aromatic nitrogens is 6. The number of hydrogen-bond acceptors (Lipinski definition) is 6. The van der Waals surface area contributed by atoms with Gasteiger partial charge in [-0.3, -0.25) is 9.48 Å². The molecule has 0 aromatic carbocycles. The van der Waals surface area contributed by atoms with Crippen LogP contribution in [0.5, 0.6) is 5.88 Å². The lowest BCUT2D eigenvalue weighted by Gasteiger charge is -2.15. The van der Waals surface area contributed by atoms with Crippen molar-refractivity contribution in [1.82, 2.24) is 34.5 Å². The van der Waals surface area contributed by atoms with Crippen molar-refractivity contribution in [2.75, 3.05) is 19.7 Å². The van der Waals surface area contributed by atoms with Gasteiger partial charge in [-0.05, 0) is 25.3 Å².